The number of aromatic nitrogens is 2. The molecule has 3 heterocycles. The van der Waals surface area contributed by atoms with E-state index >= 15 is 0 Å². The predicted octanol–water partition coefficient (Wildman–Crippen LogP) is 3.10. The van der Waals surface area contributed by atoms with E-state index in [4.69, 9.17) is 5.73 Å². The van der Waals surface area contributed by atoms with Crippen molar-refractivity contribution in [1.82, 2.24) is 10.2 Å². The van der Waals surface area contributed by atoms with E-state index in [2.05, 4.69) is 26.1 Å². The highest BCUT2D eigenvalue weighted by Gasteiger charge is 2.40. The van der Waals surface area contributed by atoms with Gasteiger partial charge in [-0.1, -0.05) is 24.3 Å². The van der Waals surface area contributed by atoms with Crippen LogP contribution < -0.4 is 15.5 Å². The molecule has 2 atom stereocenters. The molecule has 0 radical (unpaired) electrons. The summed E-state index contributed by atoms with van der Waals surface area (Å²) in [5.74, 6) is 0.562. The summed E-state index contributed by atoms with van der Waals surface area (Å²) in [5, 5.41) is 18.5. The Bertz CT molecular complexity index is 1090. The predicted molar refractivity (Wildman–Crippen MR) is 117 cm³/mol. The number of para-hydroxylation sites is 1. The second kappa shape index (κ2) is 7.33. The van der Waals surface area contributed by atoms with Crippen LogP contribution in [-0.4, -0.2) is 46.8 Å². The van der Waals surface area contributed by atoms with Gasteiger partial charge in [0.15, 0.2) is 5.82 Å². The molecule has 2 fully saturated rings. The summed E-state index contributed by atoms with van der Waals surface area (Å²) >= 11 is 0. The number of phenolic OH excluding ortho intramolecular Hbond substituents is 1. The number of aromatic hydroxyl groups is 1. The van der Waals surface area contributed by atoms with Crippen LogP contribution in [0, 0.1) is 0 Å². The number of fused-ring (bicyclic) bond motifs is 2. The molecule has 7 heteroatoms. The van der Waals surface area contributed by atoms with Gasteiger partial charge < -0.3 is 20.6 Å². The number of nitrogen functional groups attached to an aromatic ring is 1. The summed E-state index contributed by atoms with van der Waals surface area (Å²) in [5.41, 5.74) is 10.1. The minimum Gasteiger partial charge on any atom is -0.507 e. The molecule has 30 heavy (non-hydrogen) atoms. The van der Waals surface area contributed by atoms with E-state index in [0.29, 0.717) is 34.7 Å². The Kier molecular flexibility index (Phi) is 4.50. The van der Waals surface area contributed by atoms with E-state index in [1.54, 1.807) is 12.1 Å². The monoisotopic (exact) mass is 401 g/mol. The van der Waals surface area contributed by atoms with Crippen molar-refractivity contribution in [2.24, 2.45) is 0 Å². The molecule has 2 aromatic carbocycles. The molecule has 0 saturated carbocycles. The molecule has 3 aromatic rings. The summed E-state index contributed by atoms with van der Waals surface area (Å²) in [6.45, 7) is 1.63. The average Bonchev–Trinajstić information content (AvgIpc) is 3.04. The number of carbonyl (C=O) groups is 1. The molecular weight excluding hydrogens is 378 g/mol. The highest BCUT2D eigenvalue weighted by Crippen LogP contribution is 2.39. The molecule has 2 aliphatic heterocycles. The first-order valence-corrected chi connectivity index (χ1v) is 10.1. The number of nitrogens with two attached hydrogens (primary N) is 1. The van der Waals surface area contributed by atoms with Crippen molar-refractivity contribution < 1.29 is 9.90 Å². The van der Waals surface area contributed by atoms with E-state index in [1.165, 1.54) is 0 Å². The summed E-state index contributed by atoms with van der Waals surface area (Å²) < 4.78 is 0. The highest BCUT2D eigenvalue weighted by molar-refractivity contribution is 5.78. The lowest BCUT2D eigenvalue weighted by Gasteiger charge is -2.43. The first kappa shape index (κ1) is 18.4. The number of phenols is 1. The molecule has 2 aliphatic rings. The lowest BCUT2D eigenvalue weighted by atomic mass is 10.1. The summed E-state index contributed by atoms with van der Waals surface area (Å²) in [4.78, 5) is 15.9. The van der Waals surface area contributed by atoms with Crippen LogP contribution in [0.2, 0.25) is 0 Å². The van der Waals surface area contributed by atoms with E-state index < -0.39 is 0 Å². The van der Waals surface area contributed by atoms with Crippen LogP contribution in [0.4, 0.5) is 17.2 Å². The molecular formula is C23H23N5O2. The van der Waals surface area contributed by atoms with Gasteiger partial charge in [0.1, 0.15) is 12.0 Å². The SMILES string of the molecule is Nc1nnc(-c2ccccc2O)cc1N1CC2CCC(C1)N2c1cccc(C=O)c1. The minimum atomic E-state index is 0.169. The maximum Gasteiger partial charge on any atom is 0.169 e. The zero-order valence-corrected chi connectivity index (χ0v) is 16.5. The average molecular weight is 401 g/mol. The first-order chi connectivity index (χ1) is 14.6. The molecule has 3 N–H and O–H groups in total. The van der Waals surface area contributed by atoms with E-state index in [1.807, 2.05) is 36.4 Å². The van der Waals surface area contributed by atoms with E-state index in [-0.39, 0.29) is 5.75 Å². The maximum absolute atomic E-state index is 11.2. The van der Waals surface area contributed by atoms with Gasteiger partial charge >= 0.3 is 0 Å². The molecule has 1 aromatic heterocycles. The summed E-state index contributed by atoms with van der Waals surface area (Å²) in [6, 6.07) is 17.5. The number of nitrogens with zero attached hydrogens (tertiary/aromatic N) is 4. The van der Waals surface area contributed by atoms with Gasteiger partial charge in [0.25, 0.3) is 0 Å². The Balaban J connectivity index is 1.44. The third-order valence-electron chi connectivity index (χ3n) is 6.11. The Morgan fingerprint density at radius 3 is 2.50 bits per heavy atom. The third kappa shape index (κ3) is 3.12. The van der Waals surface area contributed by atoms with Crippen LogP contribution in [0.3, 0.4) is 0 Å². The van der Waals surface area contributed by atoms with Gasteiger partial charge in [-0.05, 0) is 43.2 Å². The molecule has 0 aliphatic carbocycles. The molecule has 2 saturated heterocycles. The van der Waals surface area contributed by atoms with Crippen LogP contribution in [0.1, 0.15) is 23.2 Å². The highest BCUT2D eigenvalue weighted by atomic mass is 16.3. The number of aldehydes is 1. The van der Waals surface area contributed by atoms with Crippen molar-refractivity contribution in [3.63, 3.8) is 0 Å². The van der Waals surface area contributed by atoms with E-state index in [9.17, 15) is 9.90 Å². The largest absolute Gasteiger partial charge is 0.507 e. The van der Waals surface area contributed by atoms with Crippen molar-refractivity contribution in [2.75, 3.05) is 28.6 Å². The number of hydrogen-bond donors (Lipinski definition) is 2. The Hall–Kier alpha value is -3.61. The van der Waals surface area contributed by atoms with Gasteiger partial charge in [-0.25, -0.2) is 0 Å². The van der Waals surface area contributed by atoms with Crippen molar-refractivity contribution in [3.8, 4) is 17.0 Å². The summed E-state index contributed by atoms with van der Waals surface area (Å²) in [6.07, 6.45) is 3.08. The first-order valence-electron chi connectivity index (χ1n) is 10.1. The van der Waals surface area contributed by atoms with Gasteiger partial charge in [-0.2, -0.15) is 0 Å². The van der Waals surface area contributed by atoms with Gasteiger partial charge in [0.05, 0.1) is 11.4 Å². The van der Waals surface area contributed by atoms with Gasteiger partial charge in [0, 0.05) is 42.0 Å². The molecule has 2 bridgehead atoms. The maximum atomic E-state index is 11.2. The normalized spacial score (nSPS) is 20.4. The van der Waals surface area contributed by atoms with Crippen molar-refractivity contribution in [1.29, 1.82) is 0 Å². The fourth-order valence-electron chi connectivity index (χ4n) is 4.75. The third-order valence-corrected chi connectivity index (χ3v) is 6.11. The van der Waals surface area contributed by atoms with Gasteiger partial charge in [0.2, 0.25) is 0 Å². The van der Waals surface area contributed by atoms with Crippen LogP contribution in [-0.2, 0) is 0 Å². The number of carbonyl (C=O) groups excluding carboxylic acids is 1. The molecule has 5 rings (SSSR count). The fourth-order valence-corrected chi connectivity index (χ4v) is 4.75. The van der Waals surface area contributed by atoms with Crippen LogP contribution in [0.15, 0.2) is 54.6 Å². The number of rotatable bonds is 4. The number of hydrogen-bond acceptors (Lipinski definition) is 7. The zero-order chi connectivity index (χ0) is 20.7. The zero-order valence-electron chi connectivity index (χ0n) is 16.5. The van der Waals surface area contributed by atoms with Gasteiger partial charge in [-0.3, -0.25) is 4.79 Å². The van der Waals surface area contributed by atoms with E-state index in [0.717, 1.165) is 43.6 Å². The van der Waals surface area contributed by atoms with Gasteiger partial charge in [-0.15, -0.1) is 10.2 Å². The smallest absolute Gasteiger partial charge is 0.169 e. The molecule has 0 amide bonds. The van der Waals surface area contributed by atoms with Crippen LogP contribution in [0.25, 0.3) is 11.3 Å². The minimum absolute atomic E-state index is 0.169. The molecule has 152 valence electrons. The van der Waals surface area contributed by atoms with Crippen molar-refractivity contribution in [3.05, 3.63) is 60.2 Å². The van der Waals surface area contributed by atoms with Crippen molar-refractivity contribution in [2.45, 2.75) is 24.9 Å². The summed E-state index contributed by atoms with van der Waals surface area (Å²) in [7, 11) is 0. The van der Waals surface area contributed by atoms with Crippen LogP contribution in [0.5, 0.6) is 5.75 Å². The Morgan fingerprint density at radius 1 is 1.00 bits per heavy atom. The quantitative estimate of drug-likeness (QED) is 0.649. The standard InChI is InChI=1S/C23H23N5O2/c24-23-21(11-20(25-26-23)19-6-1-2-7-22(19)30)27-12-17-8-9-18(13-27)28(17)16-5-3-4-15(10-16)14-29/h1-7,10-11,14,17-18,30H,8-9,12-13H2,(H2,24,26). The Morgan fingerprint density at radius 2 is 1.77 bits per heavy atom. The number of piperazine rings is 1. The Labute approximate surface area is 174 Å². The lowest BCUT2D eigenvalue weighted by molar-refractivity contribution is 0.112. The van der Waals surface area contributed by atoms with Crippen molar-refractivity contribution >= 4 is 23.5 Å². The molecule has 7 nitrogen and oxygen atoms in total. The fraction of sp³-hybridized carbons (Fsp3) is 0.261. The molecule has 0 spiro atoms. The topological polar surface area (TPSA) is 95.6 Å². The van der Waals surface area contributed by atoms with Crippen LogP contribution >= 0.6 is 0 Å². The molecule has 2 unspecified atom stereocenters. The second-order valence-electron chi connectivity index (χ2n) is 7.93. The lowest BCUT2D eigenvalue weighted by Crippen LogP contribution is -2.54. The second-order valence-corrected chi connectivity index (χ2v) is 7.93. The number of anilines is 3. The number of benzene rings is 2.